The van der Waals surface area contributed by atoms with E-state index in [4.69, 9.17) is 0 Å². The molecule has 0 saturated heterocycles. The van der Waals surface area contributed by atoms with Gasteiger partial charge in [-0.1, -0.05) is 109 Å². The average molecular weight is 422 g/mol. The Bertz CT molecular complexity index is 1550. The van der Waals surface area contributed by atoms with Gasteiger partial charge in [-0.15, -0.1) is 0 Å². The molecule has 0 atom stereocenters. The lowest BCUT2D eigenvalue weighted by molar-refractivity contribution is 1.54. The van der Waals surface area contributed by atoms with Crippen molar-refractivity contribution in [2.45, 2.75) is 0 Å². The van der Waals surface area contributed by atoms with Gasteiger partial charge in [-0.3, -0.25) is 0 Å². The average Bonchev–Trinajstić information content (AvgIpc) is 2.90. The van der Waals surface area contributed by atoms with Crippen molar-refractivity contribution in [3.8, 4) is 22.3 Å². The fourth-order valence-corrected chi connectivity index (χ4v) is 4.57. The third-order valence-corrected chi connectivity index (χ3v) is 6.26. The SMILES string of the molecule is c1ccc(-c2ccc(Nc3ccc(-c4cccc5c4ccc4ccccc45)cc3)cc2)cc1. The van der Waals surface area contributed by atoms with Crippen LogP contribution in [0.2, 0.25) is 0 Å². The maximum atomic E-state index is 3.52. The van der Waals surface area contributed by atoms with E-state index in [1.807, 2.05) is 6.07 Å². The van der Waals surface area contributed by atoms with Crippen molar-refractivity contribution < 1.29 is 0 Å². The zero-order valence-electron chi connectivity index (χ0n) is 18.2. The van der Waals surface area contributed by atoms with Gasteiger partial charge in [0, 0.05) is 11.4 Å². The number of hydrogen-bond donors (Lipinski definition) is 1. The Morgan fingerprint density at radius 2 is 0.939 bits per heavy atom. The molecule has 33 heavy (non-hydrogen) atoms. The van der Waals surface area contributed by atoms with Crippen molar-refractivity contribution in [2.75, 3.05) is 5.32 Å². The van der Waals surface area contributed by atoms with E-state index in [0.29, 0.717) is 0 Å². The molecule has 0 bridgehead atoms. The number of hydrogen-bond acceptors (Lipinski definition) is 1. The summed E-state index contributed by atoms with van der Waals surface area (Å²) in [6.45, 7) is 0. The molecule has 0 aliphatic rings. The van der Waals surface area contributed by atoms with Gasteiger partial charge in [0.25, 0.3) is 0 Å². The van der Waals surface area contributed by atoms with Crippen molar-refractivity contribution in [2.24, 2.45) is 0 Å². The lowest BCUT2D eigenvalue weighted by atomic mass is 9.95. The Labute approximate surface area is 194 Å². The van der Waals surface area contributed by atoms with Gasteiger partial charge < -0.3 is 5.32 Å². The summed E-state index contributed by atoms with van der Waals surface area (Å²) < 4.78 is 0. The predicted molar refractivity (Wildman–Crippen MR) is 142 cm³/mol. The Morgan fingerprint density at radius 3 is 1.70 bits per heavy atom. The van der Waals surface area contributed by atoms with Crippen LogP contribution >= 0.6 is 0 Å². The van der Waals surface area contributed by atoms with Gasteiger partial charge in [0.05, 0.1) is 0 Å². The molecular weight excluding hydrogens is 398 g/mol. The van der Waals surface area contributed by atoms with Gasteiger partial charge in [-0.05, 0) is 68.1 Å². The van der Waals surface area contributed by atoms with Crippen molar-refractivity contribution in [1.29, 1.82) is 0 Å². The third-order valence-electron chi connectivity index (χ3n) is 6.26. The van der Waals surface area contributed by atoms with Gasteiger partial charge in [0.2, 0.25) is 0 Å². The van der Waals surface area contributed by atoms with Crippen LogP contribution < -0.4 is 5.32 Å². The Hall–Kier alpha value is -4.36. The molecule has 0 fully saturated rings. The van der Waals surface area contributed by atoms with Crippen LogP contribution in [-0.2, 0) is 0 Å². The van der Waals surface area contributed by atoms with E-state index in [-0.39, 0.29) is 0 Å². The second-order valence-electron chi connectivity index (χ2n) is 8.33. The maximum absolute atomic E-state index is 3.52. The fraction of sp³-hybridized carbons (Fsp3) is 0. The monoisotopic (exact) mass is 421 g/mol. The molecule has 0 aromatic heterocycles. The molecule has 0 radical (unpaired) electrons. The first-order valence-electron chi connectivity index (χ1n) is 11.3. The van der Waals surface area contributed by atoms with Crippen LogP contribution in [0.25, 0.3) is 43.8 Å². The Balaban J connectivity index is 1.28. The highest BCUT2D eigenvalue weighted by molar-refractivity contribution is 6.12. The van der Waals surface area contributed by atoms with Gasteiger partial charge in [-0.25, -0.2) is 0 Å². The quantitative estimate of drug-likeness (QED) is 0.280. The minimum Gasteiger partial charge on any atom is -0.356 e. The number of anilines is 2. The molecule has 6 rings (SSSR count). The fourth-order valence-electron chi connectivity index (χ4n) is 4.57. The highest BCUT2D eigenvalue weighted by Crippen LogP contribution is 2.34. The summed E-state index contributed by atoms with van der Waals surface area (Å²) in [4.78, 5) is 0. The molecule has 1 heteroatoms. The zero-order valence-corrected chi connectivity index (χ0v) is 18.2. The topological polar surface area (TPSA) is 12.0 Å². The molecule has 1 nitrogen and oxygen atoms in total. The van der Waals surface area contributed by atoms with Crippen molar-refractivity contribution in [1.82, 2.24) is 0 Å². The zero-order chi connectivity index (χ0) is 22.0. The first-order chi connectivity index (χ1) is 16.3. The molecule has 6 aromatic rings. The standard InChI is InChI=1S/C32H23N/c1-2-7-23(8-3-1)24-13-18-27(19-14-24)33-28-20-15-26(16-21-28)30-11-6-12-31-29-10-5-4-9-25(29)17-22-32(30)31/h1-22,33H. The van der Waals surface area contributed by atoms with E-state index in [1.54, 1.807) is 0 Å². The van der Waals surface area contributed by atoms with Crippen LogP contribution in [0.5, 0.6) is 0 Å². The van der Waals surface area contributed by atoms with E-state index < -0.39 is 0 Å². The summed E-state index contributed by atoms with van der Waals surface area (Å²) in [7, 11) is 0. The van der Waals surface area contributed by atoms with Crippen LogP contribution in [0.3, 0.4) is 0 Å². The lowest BCUT2D eigenvalue weighted by Crippen LogP contribution is -1.90. The highest BCUT2D eigenvalue weighted by atomic mass is 14.9. The molecular formula is C32H23N. The van der Waals surface area contributed by atoms with Gasteiger partial charge in [-0.2, -0.15) is 0 Å². The van der Waals surface area contributed by atoms with E-state index in [2.05, 4.69) is 133 Å². The van der Waals surface area contributed by atoms with Gasteiger partial charge in [0.15, 0.2) is 0 Å². The van der Waals surface area contributed by atoms with Crippen LogP contribution in [-0.4, -0.2) is 0 Å². The molecule has 6 aromatic carbocycles. The van der Waals surface area contributed by atoms with E-state index >= 15 is 0 Å². The van der Waals surface area contributed by atoms with Crippen LogP contribution in [0.15, 0.2) is 133 Å². The molecule has 0 spiro atoms. The van der Waals surface area contributed by atoms with E-state index in [1.165, 1.54) is 43.8 Å². The number of fused-ring (bicyclic) bond motifs is 3. The molecule has 1 N–H and O–H groups in total. The highest BCUT2D eigenvalue weighted by Gasteiger charge is 2.07. The summed E-state index contributed by atoms with van der Waals surface area (Å²) in [6.07, 6.45) is 0. The second kappa shape index (κ2) is 8.29. The summed E-state index contributed by atoms with van der Waals surface area (Å²) in [6, 6.07) is 47.4. The van der Waals surface area contributed by atoms with Gasteiger partial charge >= 0.3 is 0 Å². The smallest absolute Gasteiger partial charge is 0.0384 e. The number of benzene rings is 6. The van der Waals surface area contributed by atoms with E-state index in [9.17, 15) is 0 Å². The summed E-state index contributed by atoms with van der Waals surface area (Å²) in [5.74, 6) is 0. The summed E-state index contributed by atoms with van der Waals surface area (Å²) in [5.41, 5.74) is 7.10. The van der Waals surface area contributed by atoms with Crippen molar-refractivity contribution >= 4 is 32.9 Å². The molecule has 0 aliphatic heterocycles. The van der Waals surface area contributed by atoms with Crippen LogP contribution in [0.1, 0.15) is 0 Å². The van der Waals surface area contributed by atoms with Crippen molar-refractivity contribution in [3.05, 3.63) is 133 Å². The molecule has 0 amide bonds. The lowest BCUT2D eigenvalue weighted by Gasteiger charge is -2.11. The number of nitrogens with one attached hydrogen (secondary N) is 1. The maximum Gasteiger partial charge on any atom is 0.0384 e. The first-order valence-corrected chi connectivity index (χ1v) is 11.3. The van der Waals surface area contributed by atoms with Crippen LogP contribution in [0.4, 0.5) is 11.4 Å². The normalized spacial score (nSPS) is 11.0. The Morgan fingerprint density at radius 1 is 0.333 bits per heavy atom. The van der Waals surface area contributed by atoms with Gasteiger partial charge in [0.1, 0.15) is 0 Å². The molecule has 0 unspecified atom stereocenters. The molecule has 156 valence electrons. The second-order valence-corrected chi connectivity index (χ2v) is 8.33. The first kappa shape index (κ1) is 19.3. The van der Waals surface area contributed by atoms with Crippen molar-refractivity contribution in [3.63, 3.8) is 0 Å². The third kappa shape index (κ3) is 3.75. The number of rotatable bonds is 4. The molecule has 0 aliphatic carbocycles. The molecule has 0 saturated carbocycles. The van der Waals surface area contributed by atoms with E-state index in [0.717, 1.165) is 11.4 Å². The largest absolute Gasteiger partial charge is 0.356 e. The summed E-state index contributed by atoms with van der Waals surface area (Å²) >= 11 is 0. The molecule has 0 heterocycles. The van der Waals surface area contributed by atoms with Crippen LogP contribution in [0, 0.1) is 0 Å². The minimum absolute atomic E-state index is 1.08. The minimum atomic E-state index is 1.08. The Kier molecular flexibility index (Phi) is 4.86. The predicted octanol–water partition coefficient (Wildman–Crippen LogP) is 9.07. The summed E-state index contributed by atoms with van der Waals surface area (Å²) in [5, 5.41) is 8.68.